The Balaban J connectivity index is 0.771. The SMILES string of the molecule is CCOc1cc2oc(-c3ccc(OCCOCCOCCOCCOc4cccc5c4C(=O)N(C4CCC(=O)NC4=O)C5=O)cc3Cl)cc(=O)c2cc1-c1cc(C(N)=O)cc(-c2ccccc2)c1. The van der Waals surface area contributed by atoms with Crippen LogP contribution in [0.2, 0.25) is 5.02 Å². The predicted octanol–water partition coefficient (Wildman–Crippen LogP) is 6.85. The maximum absolute atomic E-state index is 13.6. The van der Waals surface area contributed by atoms with Crippen molar-refractivity contribution in [1.82, 2.24) is 10.2 Å². The van der Waals surface area contributed by atoms with Crippen LogP contribution in [-0.2, 0) is 23.8 Å². The maximum atomic E-state index is 13.6. The highest BCUT2D eigenvalue weighted by molar-refractivity contribution is 6.33. The number of carbonyl (C=O) groups excluding carboxylic acids is 5. The quantitative estimate of drug-likeness (QED) is 0.0559. The number of carbonyl (C=O) groups is 5. The molecule has 1 aromatic heterocycles. The lowest BCUT2D eigenvalue weighted by Gasteiger charge is -2.27. The summed E-state index contributed by atoms with van der Waals surface area (Å²) in [5.74, 6) is -1.56. The van der Waals surface area contributed by atoms with Gasteiger partial charge in [-0.3, -0.25) is 39.0 Å². The Kier molecular flexibility index (Phi) is 14.9. The molecular formula is C51H46ClN3O13. The highest BCUT2D eigenvalue weighted by atomic mass is 35.5. The third kappa shape index (κ3) is 10.6. The molecule has 350 valence electrons. The van der Waals surface area contributed by atoms with Crippen molar-refractivity contribution in [2.45, 2.75) is 25.8 Å². The summed E-state index contributed by atoms with van der Waals surface area (Å²) in [5.41, 5.74) is 9.65. The topological polar surface area (TPSA) is 212 Å². The van der Waals surface area contributed by atoms with Crippen LogP contribution in [-0.4, -0.2) is 99.9 Å². The van der Waals surface area contributed by atoms with Crippen LogP contribution >= 0.6 is 11.6 Å². The van der Waals surface area contributed by atoms with Crippen LogP contribution in [0.15, 0.2) is 112 Å². The van der Waals surface area contributed by atoms with E-state index in [9.17, 15) is 28.8 Å². The van der Waals surface area contributed by atoms with Gasteiger partial charge in [-0.1, -0.05) is 48.0 Å². The van der Waals surface area contributed by atoms with Gasteiger partial charge in [0.15, 0.2) is 5.43 Å². The van der Waals surface area contributed by atoms with Crippen LogP contribution in [0.4, 0.5) is 0 Å². The Hall–Kier alpha value is -7.37. The number of ether oxygens (including phenoxy) is 6. The molecule has 6 aromatic rings. The number of hydrogen-bond donors (Lipinski definition) is 2. The molecule has 8 rings (SSSR count). The molecule has 0 saturated carbocycles. The van der Waals surface area contributed by atoms with Crippen molar-refractivity contribution in [1.29, 1.82) is 0 Å². The van der Waals surface area contributed by atoms with Gasteiger partial charge in [-0.25, -0.2) is 0 Å². The van der Waals surface area contributed by atoms with Gasteiger partial charge < -0.3 is 38.6 Å². The Morgan fingerprint density at radius 1 is 0.691 bits per heavy atom. The smallest absolute Gasteiger partial charge is 0.266 e. The molecule has 0 spiro atoms. The minimum atomic E-state index is -1.06. The molecule has 3 heterocycles. The van der Waals surface area contributed by atoms with Gasteiger partial charge in [0.1, 0.15) is 47.8 Å². The second-order valence-corrected chi connectivity index (χ2v) is 16.0. The van der Waals surface area contributed by atoms with Crippen molar-refractivity contribution in [2.24, 2.45) is 5.73 Å². The molecule has 0 radical (unpaired) electrons. The zero-order chi connectivity index (χ0) is 47.7. The summed E-state index contributed by atoms with van der Waals surface area (Å²) in [4.78, 5) is 77.1. The molecule has 0 aliphatic carbocycles. The highest BCUT2D eigenvalue weighted by Gasteiger charge is 2.46. The Bertz CT molecular complexity index is 2960. The first-order valence-electron chi connectivity index (χ1n) is 21.9. The van der Waals surface area contributed by atoms with Gasteiger partial charge in [0.25, 0.3) is 11.8 Å². The lowest BCUT2D eigenvalue weighted by molar-refractivity contribution is -0.136. The molecule has 1 atom stereocenters. The van der Waals surface area contributed by atoms with Gasteiger partial charge in [-0.05, 0) is 84.6 Å². The molecule has 0 bridgehead atoms. The lowest BCUT2D eigenvalue weighted by atomic mass is 9.94. The number of amides is 5. The molecule has 3 N–H and O–H groups in total. The van der Waals surface area contributed by atoms with Crippen LogP contribution in [0.5, 0.6) is 17.2 Å². The van der Waals surface area contributed by atoms with Crippen molar-refractivity contribution in [3.8, 4) is 50.8 Å². The fraction of sp³-hybridized carbons (Fsp3) is 0.255. The first-order valence-corrected chi connectivity index (χ1v) is 22.3. The monoisotopic (exact) mass is 943 g/mol. The number of hydrogen-bond acceptors (Lipinski definition) is 13. The van der Waals surface area contributed by atoms with Crippen LogP contribution in [0.25, 0.3) is 44.5 Å². The molecular weight excluding hydrogens is 898 g/mol. The summed E-state index contributed by atoms with van der Waals surface area (Å²) in [6.07, 6.45) is 0.0927. The number of piperidine rings is 1. The normalized spacial score (nSPS) is 14.6. The van der Waals surface area contributed by atoms with E-state index in [0.717, 1.165) is 16.0 Å². The largest absolute Gasteiger partial charge is 0.493 e. The summed E-state index contributed by atoms with van der Waals surface area (Å²) < 4.78 is 40.7. The van der Waals surface area contributed by atoms with Crippen molar-refractivity contribution in [3.05, 3.63) is 135 Å². The minimum Gasteiger partial charge on any atom is -0.493 e. The van der Waals surface area contributed by atoms with E-state index in [2.05, 4.69) is 5.32 Å². The van der Waals surface area contributed by atoms with Crippen LogP contribution in [0.3, 0.4) is 0 Å². The summed E-state index contributed by atoms with van der Waals surface area (Å²) in [6.45, 7) is 4.19. The zero-order valence-electron chi connectivity index (χ0n) is 36.9. The number of primary amides is 1. The molecule has 17 heteroatoms. The van der Waals surface area contributed by atoms with Gasteiger partial charge in [0.2, 0.25) is 17.7 Å². The number of fused-ring (bicyclic) bond motifs is 2. The molecule has 16 nitrogen and oxygen atoms in total. The minimum absolute atomic E-state index is 0.0305. The number of nitrogens with zero attached hydrogens (tertiary/aromatic N) is 1. The van der Waals surface area contributed by atoms with Gasteiger partial charge >= 0.3 is 0 Å². The maximum Gasteiger partial charge on any atom is 0.266 e. The van der Waals surface area contributed by atoms with E-state index in [1.165, 1.54) is 12.1 Å². The standard InChI is InChI=1S/C51H46ClN3O13/c1-2-65-43-29-45-38(27-37(43)32-23-31(24-33(25-32)48(53)58)30-7-4-3-5-8-30)41(56)28-44(68-45)35-12-11-34(26-39(35)52)66-21-19-63-17-15-62-16-18-64-20-22-67-42-10-6-9-36-47(42)51(61)55(50(36)60)40-13-14-46(57)54-49(40)59/h3-12,23-29,40H,2,13-22H2,1H3,(H2,53,58)(H,54,57,59). The summed E-state index contributed by atoms with van der Waals surface area (Å²) in [7, 11) is 0. The van der Waals surface area contributed by atoms with Crippen LogP contribution < -0.4 is 30.7 Å². The molecule has 2 aliphatic heterocycles. The lowest BCUT2D eigenvalue weighted by Crippen LogP contribution is -2.54. The van der Waals surface area contributed by atoms with E-state index in [1.807, 2.05) is 43.3 Å². The van der Waals surface area contributed by atoms with E-state index in [0.29, 0.717) is 76.2 Å². The van der Waals surface area contributed by atoms with Crippen LogP contribution in [0.1, 0.15) is 50.8 Å². The predicted molar refractivity (Wildman–Crippen MR) is 250 cm³/mol. The van der Waals surface area contributed by atoms with E-state index < -0.39 is 35.6 Å². The van der Waals surface area contributed by atoms with E-state index in [4.69, 9.17) is 50.2 Å². The molecule has 5 aromatic carbocycles. The third-order valence-electron chi connectivity index (χ3n) is 11.1. The van der Waals surface area contributed by atoms with E-state index in [1.54, 1.807) is 54.6 Å². The van der Waals surface area contributed by atoms with E-state index in [-0.39, 0.29) is 73.9 Å². The van der Waals surface area contributed by atoms with Gasteiger partial charge in [-0.15, -0.1) is 0 Å². The summed E-state index contributed by atoms with van der Waals surface area (Å²) >= 11 is 6.69. The average molecular weight is 944 g/mol. The van der Waals surface area contributed by atoms with Gasteiger partial charge in [0.05, 0.1) is 67.8 Å². The van der Waals surface area contributed by atoms with Crippen molar-refractivity contribution < 1.29 is 56.8 Å². The van der Waals surface area contributed by atoms with Gasteiger partial charge in [0, 0.05) is 35.2 Å². The Labute approximate surface area is 394 Å². The number of imide groups is 2. The number of rotatable bonds is 21. The first-order chi connectivity index (χ1) is 33.0. The summed E-state index contributed by atoms with van der Waals surface area (Å²) in [6, 6.07) is 28.3. The fourth-order valence-corrected chi connectivity index (χ4v) is 8.16. The number of nitrogens with one attached hydrogen (secondary N) is 1. The zero-order valence-corrected chi connectivity index (χ0v) is 37.6. The van der Waals surface area contributed by atoms with Crippen LogP contribution in [0, 0.1) is 0 Å². The summed E-state index contributed by atoms with van der Waals surface area (Å²) in [5, 5.41) is 2.80. The Morgan fingerprint density at radius 2 is 1.40 bits per heavy atom. The molecule has 1 unspecified atom stereocenters. The second-order valence-electron chi connectivity index (χ2n) is 15.6. The first kappa shape index (κ1) is 47.1. The Morgan fingerprint density at radius 3 is 2.09 bits per heavy atom. The second kappa shape index (κ2) is 21.5. The molecule has 1 fully saturated rings. The van der Waals surface area contributed by atoms with E-state index >= 15 is 0 Å². The number of nitrogens with two attached hydrogens (primary N) is 1. The van der Waals surface area contributed by atoms with Crippen molar-refractivity contribution >= 4 is 52.1 Å². The number of benzene rings is 5. The van der Waals surface area contributed by atoms with Gasteiger partial charge in [-0.2, -0.15) is 0 Å². The molecule has 68 heavy (non-hydrogen) atoms. The van der Waals surface area contributed by atoms with Crippen molar-refractivity contribution in [2.75, 3.05) is 59.5 Å². The van der Waals surface area contributed by atoms with Crippen molar-refractivity contribution in [3.63, 3.8) is 0 Å². The highest BCUT2D eigenvalue weighted by Crippen LogP contribution is 2.39. The third-order valence-corrected chi connectivity index (χ3v) is 11.4. The molecule has 5 amide bonds. The molecule has 2 aliphatic rings. The average Bonchev–Trinajstić information content (AvgIpc) is 3.59. The fourth-order valence-electron chi connectivity index (χ4n) is 7.90. The number of halogens is 1. The molecule has 1 saturated heterocycles.